The van der Waals surface area contributed by atoms with Gasteiger partial charge in [0.15, 0.2) is 0 Å². The second-order valence-corrected chi connectivity index (χ2v) is 5.63. The third-order valence-electron chi connectivity index (χ3n) is 3.38. The lowest BCUT2D eigenvalue weighted by molar-refractivity contribution is -0.129. The van der Waals surface area contributed by atoms with Crippen LogP contribution in [0.2, 0.25) is 0 Å². The van der Waals surface area contributed by atoms with E-state index < -0.39 is 0 Å². The Kier molecular flexibility index (Phi) is 5.75. The summed E-state index contributed by atoms with van der Waals surface area (Å²) < 4.78 is 1.98. The molecule has 0 atom stereocenters. The summed E-state index contributed by atoms with van der Waals surface area (Å²) in [7, 11) is 1.74. The summed E-state index contributed by atoms with van der Waals surface area (Å²) in [6.07, 6.45) is 0.727. The van der Waals surface area contributed by atoms with Gasteiger partial charge in [0, 0.05) is 31.4 Å². The van der Waals surface area contributed by atoms with Crippen LogP contribution in [-0.4, -0.2) is 34.2 Å². The molecule has 0 radical (unpaired) electrons. The number of hydrogen-bond donors (Lipinski definition) is 0. The van der Waals surface area contributed by atoms with Crippen LogP contribution >= 0.6 is 0 Å². The Morgan fingerprint density at radius 2 is 2.10 bits per heavy atom. The highest BCUT2D eigenvalue weighted by atomic mass is 16.2. The topological polar surface area (TPSA) is 61.9 Å². The van der Waals surface area contributed by atoms with Crippen LogP contribution in [0.3, 0.4) is 0 Å². The standard InChI is InChI=1S/C15H24N4O/c1-11(2)10-19-13(4)14(12(3)17-19)9-15(20)18(5)8-6-7-16/h11H,6,8-10H2,1-5H3. The highest BCUT2D eigenvalue weighted by Gasteiger charge is 2.17. The van der Waals surface area contributed by atoms with Crippen LogP contribution in [0.5, 0.6) is 0 Å². The summed E-state index contributed by atoms with van der Waals surface area (Å²) in [4.78, 5) is 13.7. The normalized spacial score (nSPS) is 10.7. The maximum absolute atomic E-state index is 12.1. The summed E-state index contributed by atoms with van der Waals surface area (Å²) in [5.41, 5.74) is 3.00. The number of likely N-dealkylation sites (N-methyl/N-ethyl adjacent to an activating group) is 1. The molecule has 5 nitrogen and oxygen atoms in total. The van der Waals surface area contributed by atoms with Crippen LogP contribution in [0.1, 0.15) is 37.2 Å². The fraction of sp³-hybridized carbons (Fsp3) is 0.667. The third kappa shape index (κ3) is 4.09. The van der Waals surface area contributed by atoms with Gasteiger partial charge in [-0.15, -0.1) is 0 Å². The maximum atomic E-state index is 12.1. The van der Waals surface area contributed by atoms with Gasteiger partial charge in [-0.3, -0.25) is 9.48 Å². The van der Waals surface area contributed by atoms with Crippen molar-refractivity contribution >= 4 is 5.91 Å². The Hall–Kier alpha value is -1.83. The summed E-state index contributed by atoms with van der Waals surface area (Å²) in [6.45, 7) is 9.61. The van der Waals surface area contributed by atoms with E-state index in [-0.39, 0.29) is 5.91 Å². The molecule has 0 aliphatic carbocycles. The minimum atomic E-state index is 0.0375. The first-order valence-corrected chi connectivity index (χ1v) is 7.00. The molecular formula is C15H24N4O. The number of hydrogen-bond acceptors (Lipinski definition) is 3. The Morgan fingerprint density at radius 1 is 1.45 bits per heavy atom. The van der Waals surface area contributed by atoms with Gasteiger partial charge in [0.05, 0.1) is 24.6 Å². The van der Waals surface area contributed by atoms with Crippen molar-refractivity contribution in [3.8, 4) is 6.07 Å². The van der Waals surface area contributed by atoms with Crippen LogP contribution < -0.4 is 0 Å². The average Bonchev–Trinajstić information content (AvgIpc) is 2.62. The Balaban J connectivity index is 2.80. The van der Waals surface area contributed by atoms with Crippen molar-refractivity contribution < 1.29 is 4.79 Å². The highest BCUT2D eigenvalue weighted by molar-refractivity contribution is 5.79. The molecule has 0 spiro atoms. The minimum Gasteiger partial charge on any atom is -0.344 e. The largest absolute Gasteiger partial charge is 0.344 e. The molecule has 0 saturated heterocycles. The minimum absolute atomic E-state index is 0.0375. The lowest BCUT2D eigenvalue weighted by Gasteiger charge is -2.15. The molecule has 110 valence electrons. The van der Waals surface area contributed by atoms with Crippen molar-refractivity contribution in [2.75, 3.05) is 13.6 Å². The van der Waals surface area contributed by atoms with E-state index in [0.29, 0.717) is 25.3 Å². The summed E-state index contributed by atoms with van der Waals surface area (Å²) in [6, 6.07) is 2.06. The number of nitrogens with zero attached hydrogens (tertiary/aromatic N) is 4. The van der Waals surface area contributed by atoms with E-state index in [2.05, 4.69) is 25.0 Å². The number of amides is 1. The van der Waals surface area contributed by atoms with E-state index in [1.54, 1.807) is 11.9 Å². The summed E-state index contributed by atoms with van der Waals surface area (Å²) in [5, 5.41) is 13.1. The van der Waals surface area contributed by atoms with Crippen LogP contribution in [-0.2, 0) is 17.8 Å². The number of rotatable bonds is 6. The van der Waals surface area contributed by atoms with Gasteiger partial charge in [0.2, 0.25) is 5.91 Å². The molecule has 1 aromatic heterocycles. The Labute approximate surface area is 121 Å². The van der Waals surface area contributed by atoms with E-state index in [4.69, 9.17) is 5.26 Å². The molecule has 0 aromatic carbocycles. The molecule has 1 heterocycles. The van der Waals surface area contributed by atoms with Gasteiger partial charge in [-0.2, -0.15) is 10.4 Å². The molecule has 0 bridgehead atoms. The Morgan fingerprint density at radius 3 is 2.65 bits per heavy atom. The van der Waals surface area contributed by atoms with Crippen LogP contribution in [0.25, 0.3) is 0 Å². The zero-order valence-corrected chi connectivity index (χ0v) is 13.1. The first kappa shape index (κ1) is 16.2. The molecule has 0 aliphatic rings. The molecular weight excluding hydrogens is 252 g/mol. The van der Waals surface area contributed by atoms with E-state index in [9.17, 15) is 4.79 Å². The molecule has 0 unspecified atom stereocenters. The van der Waals surface area contributed by atoms with Crippen molar-refractivity contribution in [1.82, 2.24) is 14.7 Å². The molecule has 1 rings (SSSR count). The lowest BCUT2D eigenvalue weighted by atomic mass is 10.1. The van der Waals surface area contributed by atoms with Crippen molar-refractivity contribution in [3.63, 3.8) is 0 Å². The number of carbonyl (C=O) groups excluding carboxylic acids is 1. The third-order valence-corrected chi connectivity index (χ3v) is 3.38. The SMILES string of the molecule is Cc1nn(CC(C)C)c(C)c1CC(=O)N(C)CCC#N. The maximum Gasteiger partial charge on any atom is 0.226 e. The smallest absolute Gasteiger partial charge is 0.226 e. The number of carbonyl (C=O) groups is 1. The number of aryl methyl sites for hydroxylation is 1. The van der Waals surface area contributed by atoms with Crippen LogP contribution in [0, 0.1) is 31.1 Å². The molecule has 20 heavy (non-hydrogen) atoms. The van der Waals surface area contributed by atoms with Crippen molar-refractivity contribution in [1.29, 1.82) is 5.26 Å². The highest BCUT2D eigenvalue weighted by Crippen LogP contribution is 2.16. The van der Waals surface area contributed by atoms with Gasteiger partial charge >= 0.3 is 0 Å². The molecule has 0 aliphatic heterocycles. The van der Waals surface area contributed by atoms with Crippen molar-refractivity contribution in [3.05, 3.63) is 17.0 Å². The lowest BCUT2D eigenvalue weighted by Crippen LogP contribution is -2.29. The predicted molar refractivity (Wildman–Crippen MR) is 78.1 cm³/mol. The molecule has 1 amide bonds. The molecule has 5 heteroatoms. The second-order valence-electron chi connectivity index (χ2n) is 5.63. The van der Waals surface area contributed by atoms with Gasteiger partial charge in [-0.25, -0.2) is 0 Å². The zero-order valence-electron chi connectivity index (χ0n) is 13.1. The van der Waals surface area contributed by atoms with Gasteiger partial charge in [0.1, 0.15) is 0 Å². The first-order chi connectivity index (χ1) is 9.36. The fourth-order valence-electron chi connectivity index (χ4n) is 2.14. The Bertz CT molecular complexity index is 511. The van der Waals surface area contributed by atoms with Gasteiger partial charge in [-0.05, 0) is 19.8 Å². The fourth-order valence-corrected chi connectivity index (χ4v) is 2.14. The second kappa shape index (κ2) is 7.09. The van der Waals surface area contributed by atoms with E-state index in [1.165, 1.54) is 0 Å². The average molecular weight is 276 g/mol. The first-order valence-electron chi connectivity index (χ1n) is 7.00. The van der Waals surface area contributed by atoms with E-state index in [1.807, 2.05) is 18.5 Å². The summed E-state index contributed by atoms with van der Waals surface area (Å²) >= 11 is 0. The number of nitriles is 1. The molecule has 0 N–H and O–H groups in total. The van der Waals surface area contributed by atoms with E-state index >= 15 is 0 Å². The van der Waals surface area contributed by atoms with Crippen LogP contribution in [0.15, 0.2) is 0 Å². The van der Waals surface area contributed by atoms with Gasteiger partial charge in [0.25, 0.3) is 0 Å². The van der Waals surface area contributed by atoms with Gasteiger partial charge in [-0.1, -0.05) is 13.8 Å². The monoisotopic (exact) mass is 276 g/mol. The quantitative estimate of drug-likeness (QED) is 0.799. The van der Waals surface area contributed by atoms with Crippen LogP contribution in [0.4, 0.5) is 0 Å². The zero-order chi connectivity index (χ0) is 15.3. The van der Waals surface area contributed by atoms with E-state index in [0.717, 1.165) is 23.5 Å². The number of aromatic nitrogens is 2. The molecule has 1 aromatic rings. The molecule has 0 fully saturated rings. The van der Waals surface area contributed by atoms with Crippen molar-refractivity contribution in [2.24, 2.45) is 5.92 Å². The predicted octanol–water partition coefficient (Wildman–Crippen LogP) is 2.07. The summed E-state index contributed by atoms with van der Waals surface area (Å²) in [5.74, 6) is 0.561. The molecule has 0 saturated carbocycles. The van der Waals surface area contributed by atoms with Gasteiger partial charge < -0.3 is 4.90 Å². The van der Waals surface area contributed by atoms with Crippen molar-refractivity contribution in [2.45, 2.75) is 47.1 Å².